The van der Waals surface area contributed by atoms with E-state index in [9.17, 15) is 9.90 Å². The smallest absolute Gasteiger partial charge is 0.329 e. The minimum Gasteiger partial charge on any atom is -0.497 e. The molecule has 0 bridgehead atoms. The number of anilines is 1. The molecule has 2 rings (SSSR count). The van der Waals surface area contributed by atoms with Crippen molar-refractivity contribution in [3.63, 3.8) is 0 Å². The van der Waals surface area contributed by atoms with Gasteiger partial charge in [0, 0.05) is 5.69 Å². The van der Waals surface area contributed by atoms with Crippen molar-refractivity contribution in [3.05, 3.63) is 24.3 Å². The first kappa shape index (κ1) is 14.7. The summed E-state index contributed by atoms with van der Waals surface area (Å²) in [7, 11) is 1.62. The Morgan fingerprint density at radius 1 is 1.30 bits per heavy atom. The van der Waals surface area contributed by atoms with Gasteiger partial charge in [-0.25, -0.2) is 4.79 Å². The van der Waals surface area contributed by atoms with Crippen LogP contribution < -0.4 is 10.1 Å². The molecule has 110 valence electrons. The van der Waals surface area contributed by atoms with Gasteiger partial charge in [-0.05, 0) is 49.4 Å². The predicted octanol–water partition coefficient (Wildman–Crippen LogP) is 3.53. The van der Waals surface area contributed by atoms with Crippen LogP contribution >= 0.6 is 0 Å². The molecule has 4 nitrogen and oxygen atoms in total. The van der Waals surface area contributed by atoms with Crippen LogP contribution in [0.3, 0.4) is 0 Å². The molecular formula is C16H23NO3. The second-order valence-corrected chi connectivity index (χ2v) is 5.78. The maximum Gasteiger partial charge on any atom is 0.329 e. The van der Waals surface area contributed by atoms with Crippen molar-refractivity contribution >= 4 is 11.7 Å². The summed E-state index contributed by atoms with van der Waals surface area (Å²) in [6.07, 6.45) is 4.37. The molecule has 1 aromatic carbocycles. The molecule has 0 heterocycles. The molecule has 1 fully saturated rings. The predicted molar refractivity (Wildman–Crippen MR) is 79.2 cm³/mol. The summed E-state index contributed by atoms with van der Waals surface area (Å²) in [4.78, 5) is 11.8. The summed E-state index contributed by atoms with van der Waals surface area (Å²) < 4.78 is 5.12. The van der Waals surface area contributed by atoms with Gasteiger partial charge < -0.3 is 15.2 Å². The Morgan fingerprint density at radius 3 is 2.60 bits per heavy atom. The van der Waals surface area contributed by atoms with Crippen LogP contribution in [0, 0.1) is 5.92 Å². The molecule has 0 saturated heterocycles. The number of methoxy groups -OCH3 is 1. The van der Waals surface area contributed by atoms with Gasteiger partial charge in [0.25, 0.3) is 0 Å². The topological polar surface area (TPSA) is 58.6 Å². The van der Waals surface area contributed by atoms with Crippen molar-refractivity contribution in [2.75, 3.05) is 12.4 Å². The van der Waals surface area contributed by atoms with E-state index in [0.29, 0.717) is 18.8 Å². The Hall–Kier alpha value is -1.71. The van der Waals surface area contributed by atoms with E-state index in [2.05, 4.69) is 12.2 Å². The Balaban J connectivity index is 2.17. The molecule has 1 aromatic rings. The van der Waals surface area contributed by atoms with Crippen LogP contribution in [0.2, 0.25) is 0 Å². The highest BCUT2D eigenvalue weighted by atomic mass is 16.5. The van der Waals surface area contributed by atoms with Crippen LogP contribution in [0.1, 0.15) is 39.0 Å². The van der Waals surface area contributed by atoms with E-state index in [4.69, 9.17) is 4.74 Å². The number of carbonyl (C=O) groups is 1. The fraction of sp³-hybridized carbons (Fsp3) is 0.562. The number of ether oxygens (including phenoxy) is 1. The zero-order valence-electron chi connectivity index (χ0n) is 12.2. The van der Waals surface area contributed by atoms with Gasteiger partial charge in [0.15, 0.2) is 0 Å². The fourth-order valence-electron chi connectivity index (χ4n) is 2.86. The first-order chi connectivity index (χ1) is 9.55. The van der Waals surface area contributed by atoms with Crippen LogP contribution in [-0.4, -0.2) is 23.7 Å². The lowest BCUT2D eigenvalue weighted by molar-refractivity contribution is -0.142. The molecule has 1 aliphatic carbocycles. The van der Waals surface area contributed by atoms with E-state index >= 15 is 0 Å². The third kappa shape index (κ3) is 3.24. The van der Waals surface area contributed by atoms with Gasteiger partial charge >= 0.3 is 5.97 Å². The number of carboxylic acid groups (broad SMARTS) is 1. The standard InChI is InChI=1S/C16H23NO3/c1-12-4-3-10-16(11-9-12,15(18)19)17-13-5-7-14(20-2)8-6-13/h5-8,12,17H,3-4,9-11H2,1-2H3,(H,18,19). The molecule has 0 spiro atoms. The Kier molecular flexibility index (Phi) is 4.53. The largest absolute Gasteiger partial charge is 0.497 e. The zero-order chi connectivity index (χ0) is 14.6. The molecule has 0 aromatic heterocycles. The highest BCUT2D eigenvalue weighted by Crippen LogP contribution is 2.33. The highest BCUT2D eigenvalue weighted by molar-refractivity contribution is 5.82. The molecular weight excluding hydrogens is 254 g/mol. The van der Waals surface area contributed by atoms with Crippen molar-refractivity contribution in [1.82, 2.24) is 0 Å². The molecule has 2 N–H and O–H groups in total. The van der Waals surface area contributed by atoms with Crippen molar-refractivity contribution in [1.29, 1.82) is 0 Å². The molecule has 0 radical (unpaired) electrons. The number of hydrogen-bond donors (Lipinski definition) is 2. The maximum absolute atomic E-state index is 11.8. The third-order valence-corrected chi connectivity index (χ3v) is 4.25. The lowest BCUT2D eigenvalue weighted by Gasteiger charge is -2.30. The Labute approximate surface area is 120 Å². The first-order valence-corrected chi connectivity index (χ1v) is 7.21. The number of benzene rings is 1. The van der Waals surface area contributed by atoms with Gasteiger partial charge in [0.2, 0.25) is 0 Å². The lowest BCUT2D eigenvalue weighted by Crippen LogP contribution is -2.46. The quantitative estimate of drug-likeness (QED) is 0.827. The number of rotatable bonds is 4. The molecule has 0 aliphatic heterocycles. The minimum absolute atomic E-state index is 0.605. The summed E-state index contributed by atoms with van der Waals surface area (Å²) in [5, 5.41) is 12.9. The highest BCUT2D eigenvalue weighted by Gasteiger charge is 2.39. The first-order valence-electron chi connectivity index (χ1n) is 7.21. The summed E-state index contributed by atoms with van der Waals surface area (Å²) in [5.41, 5.74) is 0.00190. The molecule has 4 heteroatoms. The Morgan fingerprint density at radius 2 is 2.00 bits per heavy atom. The number of carboxylic acids is 1. The molecule has 20 heavy (non-hydrogen) atoms. The summed E-state index contributed by atoms with van der Waals surface area (Å²) >= 11 is 0. The third-order valence-electron chi connectivity index (χ3n) is 4.25. The van der Waals surface area contributed by atoms with E-state index in [-0.39, 0.29) is 0 Å². The van der Waals surface area contributed by atoms with Gasteiger partial charge in [0.1, 0.15) is 11.3 Å². The molecule has 1 saturated carbocycles. The second kappa shape index (κ2) is 6.16. The van der Waals surface area contributed by atoms with Gasteiger partial charge in [-0.15, -0.1) is 0 Å². The molecule has 2 atom stereocenters. The van der Waals surface area contributed by atoms with Crippen LogP contribution in [-0.2, 0) is 4.79 Å². The number of aliphatic carboxylic acids is 1. The van der Waals surface area contributed by atoms with Crippen molar-refractivity contribution in [3.8, 4) is 5.75 Å². The molecule has 2 unspecified atom stereocenters. The maximum atomic E-state index is 11.8. The lowest BCUT2D eigenvalue weighted by atomic mass is 9.89. The van der Waals surface area contributed by atoms with E-state index in [0.717, 1.165) is 30.7 Å². The average Bonchev–Trinajstić information content (AvgIpc) is 2.63. The summed E-state index contributed by atoms with van der Waals surface area (Å²) in [6.45, 7) is 2.20. The summed E-state index contributed by atoms with van der Waals surface area (Å²) in [6, 6.07) is 7.43. The Bertz CT molecular complexity index is 457. The van der Waals surface area contributed by atoms with Gasteiger partial charge in [0.05, 0.1) is 7.11 Å². The van der Waals surface area contributed by atoms with Gasteiger partial charge in [-0.3, -0.25) is 0 Å². The second-order valence-electron chi connectivity index (χ2n) is 5.78. The summed E-state index contributed by atoms with van der Waals surface area (Å²) in [5.74, 6) is 0.630. The zero-order valence-corrected chi connectivity index (χ0v) is 12.2. The van der Waals surface area contributed by atoms with E-state index in [1.54, 1.807) is 7.11 Å². The van der Waals surface area contributed by atoms with Crippen LogP contribution in [0.5, 0.6) is 5.75 Å². The molecule has 1 aliphatic rings. The molecule has 0 amide bonds. The van der Waals surface area contributed by atoms with Crippen molar-refractivity contribution in [2.24, 2.45) is 5.92 Å². The SMILES string of the molecule is COc1ccc(NC2(C(=O)O)CCCC(C)CC2)cc1. The van der Waals surface area contributed by atoms with Crippen LogP contribution in [0.25, 0.3) is 0 Å². The monoisotopic (exact) mass is 277 g/mol. The van der Waals surface area contributed by atoms with Gasteiger partial charge in [-0.2, -0.15) is 0 Å². The van der Waals surface area contributed by atoms with E-state index < -0.39 is 11.5 Å². The van der Waals surface area contributed by atoms with Crippen LogP contribution in [0.4, 0.5) is 5.69 Å². The van der Waals surface area contributed by atoms with E-state index in [1.807, 2.05) is 24.3 Å². The van der Waals surface area contributed by atoms with Crippen LogP contribution in [0.15, 0.2) is 24.3 Å². The van der Waals surface area contributed by atoms with Gasteiger partial charge in [-0.1, -0.05) is 19.8 Å². The number of nitrogens with one attached hydrogen (secondary N) is 1. The normalized spacial score (nSPS) is 26.6. The van der Waals surface area contributed by atoms with Crippen molar-refractivity contribution in [2.45, 2.75) is 44.6 Å². The average molecular weight is 277 g/mol. The number of hydrogen-bond acceptors (Lipinski definition) is 3. The van der Waals surface area contributed by atoms with Crippen molar-refractivity contribution < 1.29 is 14.6 Å². The van der Waals surface area contributed by atoms with E-state index in [1.165, 1.54) is 0 Å². The minimum atomic E-state index is -0.834. The fourth-order valence-corrected chi connectivity index (χ4v) is 2.86.